The first-order chi connectivity index (χ1) is 22.8. The summed E-state index contributed by atoms with van der Waals surface area (Å²) in [5.74, 6) is 2.32. The zero-order chi connectivity index (χ0) is 29.9. The van der Waals surface area contributed by atoms with Crippen molar-refractivity contribution in [3.05, 3.63) is 140 Å². The van der Waals surface area contributed by atoms with E-state index in [9.17, 15) is 0 Å². The second-order valence-electron chi connectivity index (χ2n) is 12.1. The fraction of sp³-hybridized carbons (Fsp3) is 0. The molecule has 0 bridgehead atoms. The summed E-state index contributed by atoms with van der Waals surface area (Å²) < 4.78 is 8.63. The van der Waals surface area contributed by atoms with Crippen molar-refractivity contribution >= 4 is 43.5 Å². The molecule has 0 N–H and O–H groups in total. The van der Waals surface area contributed by atoms with E-state index >= 15 is 0 Å². The lowest BCUT2D eigenvalue weighted by Crippen LogP contribution is -2.02. The van der Waals surface area contributed by atoms with Crippen LogP contribution in [0.4, 0.5) is 0 Å². The molecule has 0 radical (unpaired) electrons. The SMILES string of the molecule is c1ccc2c(c1)Oc1cccc3nc(-c4ccc(-n5c6ccccc6c6cc7c8c(cccc8c65)-c5ccccc5-7)cc4)nc-2c13. The van der Waals surface area contributed by atoms with Crippen LogP contribution in [0.5, 0.6) is 11.5 Å². The number of nitrogens with zero attached hydrogens (tertiary/aromatic N) is 3. The largest absolute Gasteiger partial charge is 0.456 e. The number of ether oxygens (including phenoxy) is 1. The Balaban J connectivity index is 1.13. The van der Waals surface area contributed by atoms with Gasteiger partial charge in [-0.2, -0.15) is 0 Å². The Morgan fingerprint density at radius 2 is 1.17 bits per heavy atom. The van der Waals surface area contributed by atoms with Gasteiger partial charge in [-0.15, -0.1) is 0 Å². The van der Waals surface area contributed by atoms with Gasteiger partial charge in [0.25, 0.3) is 0 Å². The third-order valence-corrected chi connectivity index (χ3v) is 9.73. The highest BCUT2D eigenvalue weighted by Gasteiger charge is 2.26. The summed E-state index contributed by atoms with van der Waals surface area (Å²) in [6.07, 6.45) is 0. The second-order valence-corrected chi connectivity index (χ2v) is 12.1. The van der Waals surface area contributed by atoms with Crippen LogP contribution in [-0.2, 0) is 0 Å². The average Bonchev–Trinajstić information content (AvgIpc) is 3.63. The van der Waals surface area contributed by atoms with Crippen molar-refractivity contribution in [1.29, 1.82) is 0 Å². The summed E-state index contributed by atoms with van der Waals surface area (Å²) in [6.45, 7) is 0. The minimum atomic E-state index is 0.702. The van der Waals surface area contributed by atoms with Crippen molar-refractivity contribution in [2.75, 3.05) is 0 Å². The van der Waals surface area contributed by atoms with Gasteiger partial charge in [-0.3, -0.25) is 0 Å². The molecule has 212 valence electrons. The Bertz CT molecular complexity index is 2770. The first kappa shape index (κ1) is 24.1. The van der Waals surface area contributed by atoms with Crippen molar-refractivity contribution in [2.24, 2.45) is 0 Å². The smallest absolute Gasteiger partial charge is 0.160 e. The molecule has 1 aliphatic carbocycles. The second kappa shape index (κ2) is 8.68. The monoisotopic (exact) mass is 585 g/mol. The maximum atomic E-state index is 6.21. The first-order valence-corrected chi connectivity index (χ1v) is 15.6. The summed E-state index contributed by atoms with van der Waals surface area (Å²) >= 11 is 0. The van der Waals surface area contributed by atoms with Gasteiger partial charge in [-0.1, -0.05) is 78.9 Å². The van der Waals surface area contributed by atoms with Gasteiger partial charge in [0.1, 0.15) is 11.5 Å². The first-order valence-electron chi connectivity index (χ1n) is 15.6. The molecule has 0 saturated heterocycles. The van der Waals surface area contributed by atoms with E-state index in [1.165, 1.54) is 54.8 Å². The molecule has 9 aromatic rings. The molecule has 4 heteroatoms. The van der Waals surface area contributed by atoms with Crippen LogP contribution in [0.2, 0.25) is 0 Å². The van der Waals surface area contributed by atoms with E-state index in [0.29, 0.717) is 5.82 Å². The van der Waals surface area contributed by atoms with E-state index < -0.39 is 0 Å². The van der Waals surface area contributed by atoms with Crippen LogP contribution in [0.1, 0.15) is 0 Å². The highest BCUT2D eigenvalue weighted by Crippen LogP contribution is 2.51. The lowest BCUT2D eigenvalue weighted by atomic mass is 9.99. The highest BCUT2D eigenvalue weighted by atomic mass is 16.5. The van der Waals surface area contributed by atoms with Crippen molar-refractivity contribution in [3.8, 4) is 62.1 Å². The summed E-state index contributed by atoms with van der Waals surface area (Å²) in [6, 6.07) is 49.5. The molecule has 0 saturated carbocycles. The van der Waals surface area contributed by atoms with Gasteiger partial charge in [0.2, 0.25) is 0 Å². The molecule has 0 fully saturated rings. The molecule has 7 aromatic carbocycles. The molecule has 0 unspecified atom stereocenters. The quantitative estimate of drug-likeness (QED) is 0.203. The van der Waals surface area contributed by atoms with Gasteiger partial charge in [0, 0.05) is 33.0 Å². The lowest BCUT2D eigenvalue weighted by Gasteiger charge is -2.20. The Hall–Kier alpha value is -6.26. The van der Waals surface area contributed by atoms with Crippen LogP contribution >= 0.6 is 0 Å². The molecule has 4 nitrogen and oxygen atoms in total. The maximum Gasteiger partial charge on any atom is 0.160 e. The third kappa shape index (κ3) is 3.07. The number of fused-ring (bicyclic) bond motifs is 9. The van der Waals surface area contributed by atoms with Crippen LogP contribution in [-0.4, -0.2) is 14.5 Å². The summed E-state index contributed by atoms with van der Waals surface area (Å²) in [4.78, 5) is 10.1. The van der Waals surface area contributed by atoms with Crippen molar-refractivity contribution < 1.29 is 4.74 Å². The molecule has 1 aliphatic heterocycles. The van der Waals surface area contributed by atoms with Crippen LogP contribution < -0.4 is 4.74 Å². The minimum absolute atomic E-state index is 0.702. The van der Waals surface area contributed by atoms with Crippen LogP contribution in [0.15, 0.2) is 140 Å². The molecule has 0 amide bonds. The molecule has 0 spiro atoms. The summed E-state index contributed by atoms with van der Waals surface area (Å²) in [5.41, 5.74) is 12.5. The predicted molar refractivity (Wildman–Crippen MR) is 187 cm³/mol. The summed E-state index contributed by atoms with van der Waals surface area (Å²) in [7, 11) is 0. The standard InChI is InChI=1S/C42H23N3O/c1-2-10-27-26(9-1)29-13-7-14-31-38(29)32(27)23-33-28-11-3-5-16-35(28)45(41(31)33)25-21-19-24(20-22-25)42-43-34-15-8-18-37-39(34)40(44-42)30-12-4-6-17-36(30)46-37/h1-23H. The number of aromatic nitrogens is 3. The fourth-order valence-corrected chi connectivity index (χ4v) is 7.78. The van der Waals surface area contributed by atoms with E-state index in [1.807, 2.05) is 36.4 Å². The molecular formula is C42H23N3O. The van der Waals surface area contributed by atoms with E-state index in [0.717, 1.165) is 44.9 Å². The minimum Gasteiger partial charge on any atom is -0.456 e. The van der Waals surface area contributed by atoms with Gasteiger partial charge in [-0.25, -0.2) is 9.97 Å². The Morgan fingerprint density at radius 3 is 2.07 bits per heavy atom. The molecule has 3 heterocycles. The lowest BCUT2D eigenvalue weighted by molar-refractivity contribution is 0.486. The number of hydrogen-bond donors (Lipinski definition) is 0. The average molecular weight is 586 g/mol. The Labute approximate surface area is 263 Å². The Kier molecular flexibility index (Phi) is 4.55. The third-order valence-electron chi connectivity index (χ3n) is 9.73. The molecular weight excluding hydrogens is 562 g/mol. The molecule has 2 aromatic heterocycles. The van der Waals surface area contributed by atoms with Gasteiger partial charge in [-0.05, 0) is 88.3 Å². The molecule has 2 aliphatic rings. The van der Waals surface area contributed by atoms with Crippen LogP contribution in [0.3, 0.4) is 0 Å². The molecule has 0 atom stereocenters. The molecule has 11 rings (SSSR count). The molecule has 46 heavy (non-hydrogen) atoms. The van der Waals surface area contributed by atoms with Gasteiger partial charge < -0.3 is 9.30 Å². The number of hydrogen-bond acceptors (Lipinski definition) is 3. The highest BCUT2D eigenvalue weighted by molar-refractivity contribution is 6.27. The van der Waals surface area contributed by atoms with Crippen molar-refractivity contribution in [1.82, 2.24) is 14.5 Å². The van der Waals surface area contributed by atoms with Gasteiger partial charge in [0.15, 0.2) is 5.82 Å². The summed E-state index contributed by atoms with van der Waals surface area (Å²) in [5, 5.41) is 6.08. The van der Waals surface area contributed by atoms with Gasteiger partial charge >= 0.3 is 0 Å². The predicted octanol–water partition coefficient (Wildman–Crippen LogP) is 11.0. The van der Waals surface area contributed by atoms with E-state index in [-0.39, 0.29) is 0 Å². The van der Waals surface area contributed by atoms with Crippen LogP contribution in [0, 0.1) is 0 Å². The topological polar surface area (TPSA) is 39.9 Å². The van der Waals surface area contributed by atoms with Gasteiger partial charge in [0.05, 0.1) is 27.6 Å². The van der Waals surface area contributed by atoms with Crippen molar-refractivity contribution in [2.45, 2.75) is 0 Å². The maximum absolute atomic E-state index is 6.21. The number of benzene rings is 7. The fourth-order valence-electron chi connectivity index (χ4n) is 7.78. The van der Waals surface area contributed by atoms with E-state index in [4.69, 9.17) is 14.7 Å². The van der Waals surface area contributed by atoms with Crippen LogP contribution in [0.25, 0.3) is 94.1 Å². The Morgan fingerprint density at radius 1 is 0.478 bits per heavy atom. The zero-order valence-corrected chi connectivity index (χ0v) is 24.5. The normalized spacial score (nSPS) is 12.5. The van der Waals surface area contributed by atoms with E-state index in [1.54, 1.807) is 0 Å². The van der Waals surface area contributed by atoms with E-state index in [2.05, 4.69) is 108 Å². The number of para-hydroxylation sites is 2. The number of rotatable bonds is 2. The van der Waals surface area contributed by atoms with Crippen molar-refractivity contribution in [3.63, 3.8) is 0 Å². The zero-order valence-electron chi connectivity index (χ0n) is 24.5.